The monoisotopic (exact) mass is 160 g/mol. The molecule has 1 heteroatoms. The van der Waals surface area contributed by atoms with Crippen molar-refractivity contribution < 1.29 is 0 Å². The summed E-state index contributed by atoms with van der Waals surface area (Å²) in [6, 6.07) is 0. The van der Waals surface area contributed by atoms with E-state index in [-0.39, 0.29) is 0 Å². The molecule has 0 aromatic heterocycles. The van der Waals surface area contributed by atoms with Crippen molar-refractivity contribution in [3.8, 4) is 0 Å². The van der Waals surface area contributed by atoms with E-state index in [9.17, 15) is 0 Å². The molecule has 7 heavy (non-hydrogen) atoms. The fourth-order valence-electron chi connectivity index (χ4n) is 0.418. The van der Waals surface area contributed by atoms with Gasteiger partial charge >= 0.3 is 54.0 Å². The van der Waals surface area contributed by atoms with E-state index < -0.39 is 0 Å². The first-order valence-corrected chi connectivity index (χ1v) is 4.18. The molecule has 0 N–H and O–H groups in total. The van der Waals surface area contributed by atoms with E-state index in [1.807, 2.05) is 0 Å². The molecule has 0 radical (unpaired) electrons. The minimum absolute atomic E-state index is 1.27. The first kappa shape index (κ1) is 7.30. The summed E-state index contributed by atoms with van der Waals surface area (Å²) in [6.07, 6.45) is 6.18. The zero-order valence-electron chi connectivity index (χ0n) is 4.85. The maximum atomic E-state index is 2.24. The third-order valence-electron chi connectivity index (χ3n) is 0.860. The summed E-state index contributed by atoms with van der Waals surface area (Å²) in [5, 5.41) is 0. The first-order chi connectivity index (χ1) is 3.41. The summed E-state index contributed by atoms with van der Waals surface area (Å²) < 4.78 is 0. The molecule has 0 saturated heterocycles. The molecule has 0 spiro atoms. The molecule has 0 rings (SSSR count). The Balaban J connectivity index is 2.69. The topological polar surface area (TPSA) is 0 Å². The predicted octanol–water partition coefficient (Wildman–Crippen LogP) is 1.32. The summed E-state index contributed by atoms with van der Waals surface area (Å²) in [6.45, 7) is 2.22. The van der Waals surface area contributed by atoms with Crippen LogP contribution in [0.1, 0.15) is 26.2 Å². The Labute approximate surface area is 54.5 Å². The van der Waals surface area contributed by atoms with Gasteiger partial charge in [-0.2, -0.15) is 0 Å². The Morgan fingerprint density at radius 1 is 1.57 bits per heavy atom. The molecule has 1 atom stereocenters. The van der Waals surface area contributed by atoms with Crippen molar-refractivity contribution >= 4 is 16.9 Å². The molecular formula is C6H13As. The van der Waals surface area contributed by atoms with E-state index in [0.717, 1.165) is 0 Å². The van der Waals surface area contributed by atoms with Crippen LogP contribution in [0.3, 0.4) is 0 Å². The van der Waals surface area contributed by atoms with E-state index in [1.165, 1.54) is 19.3 Å². The third kappa shape index (κ3) is 6.30. The van der Waals surface area contributed by atoms with Gasteiger partial charge in [-0.1, -0.05) is 0 Å². The summed E-state index contributed by atoms with van der Waals surface area (Å²) in [5.41, 5.74) is 0. The molecule has 0 amide bonds. The van der Waals surface area contributed by atoms with E-state index in [1.54, 1.807) is 16.9 Å². The minimum atomic E-state index is 1.27. The van der Waals surface area contributed by atoms with Gasteiger partial charge in [-0.25, -0.2) is 0 Å². The van der Waals surface area contributed by atoms with Gasteiger partial charge in [0.2, 0.25) is 0 Å². The van der Waals surface area contributed by atoms with Gasteiger partial charge in [0, 0.05) is 0 Å². The number of hydrogen-bond acceptors (Lipinski definition) is 0. The van der Waals surface area contributed by atoms with Crippen molar-refractivity contribution in [2.45, 2.75) is 26.2 Å². The Morgan fingerprint density at radius 3 is 2.71 bits per heavy atom. The molecule has 0 saturated carbocycles. The van der Waals surface area contributed by atoms with E-state index in [4.69, 9.17) is 0 Å². The van der Waals surface area contributed by atoms with Crippen LogP contribution in [0.2, 0.25) is 0 Å². The Bertz CT molecular complexity index is 48.1. The van der Waals surface area contributed by atoms with Crippen LogP contribution in [0.25, 0.3) is 0 Å². The zero-order valence-corrected chi connectivity index (χ0v) is 7.28. The zero-order chi connectivity index (χ0) is 5.54. The number of hydrogen-bond donors (Lipinski definition) is 0. The average molecular weight is 160 g/mol. The molecule has 0 aliphatic heterocycles. The second-order valence-corrected chi connectivity index (χ2v) is 2.38. The molecule has 0 aromatic rings. The van der Waals surface area contributed by atoms with Crippen LogP contribution in [0.15, 0.2) is 10.9 Å². The van der Waals surface area contributed by atoms with Crippen molar-refractivity contribution in [1.29, 1.82) is 0 Å². The van der Waals surface area contributed by atoms with E-state index >= 15 is 0 Å². The second kappa shape index (κ2) is 6.30. The van der Waals surface area contributed by atoms with Gasteiger partial charge in [-0.3, -0.25) is 0 Å². The van der Waals surface area contributed by atoms with Crippen LogP contribution in [0.4, 0.5) is 0 Å². The molecule has 0 heterocycles. The van der Waals surface area contributed by atoms with Crippen molar-refractivity contribution in [1.82, 2.24) is 0 Å². The molecule has 1 unspecified atom stereocenters. The Hall–Kier alpha value is 0.298. The normalized spacial score (nSPS) is 10.6. The van der Waals surface area contributed by atoms with Crippen molar-refractivity contribution in [3.63, 3.8) is 0 Å². The SMILES string of the molecule is CCCCC=C[AsH2]. The summed E-state index contributed by atoms with van der Waals surface area (Å²) in [5.74, 6) is 0. The number of unbranched alkanes of at least 4 members (excludes halogenated alkanes) is 2. The Kier molecular flexibility index (Phi) is 6.57. The number of allylic oxidation sites excluding steroid dienone is 1. The van der Waals surface area contributed by atoms with Gasteiger partial charge in [0.15, 0.2) is 0 Å². The van der Waals surface area contributed by atoms with Gasteiger partial charge in [0.05, 0.1) is 0 Å². The van der Waals surface area contributed by atoms with Gasteiger partial charge < -0.3 is 0 Å². The molecule has 42 valence electrons. The van der Waals surface area contributed by atoms with Crippen LogP contribution >= 0.6 is 0 Å². The van der Waals surface area contributed by atoms with Gasteiger partial charge in [0.1, 0.15) is 0 Å². The van der Waals surface area contributed by atoms with Crippen LogP contribution in [0.5, 0.6) is 0 Å². The standard InChI is InChI=1S/C6H13As/c1-2-3-4-5-6-7/h5-6H,2-4,7H2,1H3. The van der Waals surface area contributed by atoms with Crippen LogP contribution in [-0.2, 0) is 0 Å². The van der Waals surface area contributed by atoms with E-state index in [2.05, 4.69) is 17.9 Å². The van der Waals surface area contributed by atoms with E-state index in [0.29, 0.717) is 0 Å². The molecule has 0 bridgehead atoms. The Morgan fingerprint density at radius 2 is 2.29 bits per heavy atom. The quantitative estimate of drug-likeness (QED) is 0.431. The summed E-state index contributed by atoms with van der Waals surface area (Å²) in [7, 11) is 0. The van der Waals surface area contributed by atoms with Gasteiger partial charge in [-0.15, -0.1) is 0 Å². The molecule has 0 fully saturated rings. The molecule has 0 aliphatic carbocycles. The van der Waals surface area contributed by atoms with Crippen LogP contribution < -0.4 is 0 Å². The van der Waals surface area contributed by atoms with Crippen LogP contribution in [0, 0.1) is 0 Å². The predicted molar refractivity (Wildman–Crippen MR) is 37.2 cm³/mol. The number of rotatable bonds is 3. The van der Waals surface area contributed by atoms with Crippen molar-refractivity contribution in [2.75, 3.05) is 0 Å². The summed E-state index contributed by atoms with van der Waals surface area (Å²) in [4.78, 5) is 2.17. The fraction of sp³-hybridized carbons (Fsp3) is 0.667. The average Bonchev–Trinajstić information content (AvgIpc) is 1.69. The second-order valence-electron chi connectivity index (χ2n) is 1.57. The van der Waals surface area contributed by atoms with Crippen LogP contribution in [-0.4, -0.2) is 16.9 Å². The molecular weight excluding hydrogens is 147 g/mol. The molecule has 0 nitrogen and oxygen atoms in total. The maximum absolute atomic E-state index is 2.24. The summed E-state index contributed by atoms with van der Waals surface area (Å²) >= 11 is 1.69. The fourth-order valence-corrected chi connectivity index (χ4v) is 0.822. The van der Waals surface area contributed by atoms with Crippen molar-refractivity contribution in [2.24, 2.45) is 0 Å². The van der Waals surface area contributed by atoms with Crippen molar-refractivity contribution in [3.05, 3.63) is 10.9 Å². The molecule has 0 aromatic carbocycles. The van der Waals surface area contributed by atoms with Gasteiger partial charge in [-0.05, 0) is 0 Å². The van der Waals surface area contributed by atoms with Gasteiger partial charge in [0.25, 0.3) is 0 Å². The first-order valence-electron chi connectivity index (χ1n) is 2.78. The third-order valence-corrected chi connectivity index (χ3v) is 1.43. The molecule has 0 aliphatic rings.